The summed E-state index contributed by atoms with van der Waals surface area (Å²) in [7, 11) is 1.86. The predicted octanol–water partition coefficient (Wildman–Crippen LogP) is 1.86. The van der Waals surface area contributed by atoms with E-state index in [1.165, 1.54) is 5.75 Å². The molecule has 0 aliphatic carbocycles. The van der Waals surface area contributed by atoms with Crippen LogP contribution in [-0.4, -0.2) is 38.4 Å². The van der Waals surface area contributed by atoms with Gasteiger partial charge in [0, 0.05) is 28.5 Å². The van der Waals surface area contributed by atoms with E-state index in [4.69, 9.17) is 15.4 Å². The van der Waals surface area contributed by atoms with E-state index in [-0.39, 0.29) is 17.3 Å². The van der Waals surface area contributed by atoms with Gasteiger partial charge in [0.15, 0.2) is 0 Å². The zero-order chi connectivity index (χ0) is 10.9. The maximum Gasteiger partial charge on any atom is 0.235 e. The van der Waals surface area contributed by atoms with Gasteiger partial charge in [-0.1, -0.05) is 0 Å². The van der Waals surface area contributed by atoms with Crippen molar-refractivity contribution in [2.45, 2.75) is 25.4 Å². The largest absolute Gasteiger partial charge is 0.376 e. The number of thioether (sulfide) groups is 1. The highest BCUT2D eigenvalue weighted by molar-refractivity contribution is 8.13. The topological polar surface area (TPSA) is 43.4 Å². The first-order chi connectivity index (χ1) is 7.02. The van der Waals surface area contributed by atoms with Crippen LogP contribution in [-0.2, 0) is 13.8 Å². The molecule has 0 aromatic heterocycles. The second kappa shape index (κ2) is 4.43. The molecule has 2 aliphatic rings. The number of rotatable bonds is 2. The minimum absolute atomic E-state index is 0.0326. The van der Waals surface area contributed by atoms with Crippen molar-refractivity contribution >= 4 is 31.5 Å². The van der Waals surface area contributed by atoms with Crippen LogP contribution in [0, 0.1) is 5.41 Å². The first-order valence-electron chi connectivity index (χ1n) is 5.14. The highest BCUT2D eigenvalue weighted by Gasteiger charge is 2.46. The Morgan fingerprint density at radius 1 is 1.47 bits per heavy atom. The van der Waals surface area contributed by atoms with Crippen LogP contribution in [0.2, 0.25) is 0 Å². The van der Waals surface area contributed by atoms with E-state index in [1.54, 1.807) is 0 Å². The highest BCUT2D eigenvalue weighted by atomic mass is 35.7. The molecule has 2 aliphatic heterocycles. The summed E-state index contributed by atoms with van der Waals surface area (Å²) in [5.74, 6) is 2.17. The van der Waals surface area contributed by atoms with Gasteiger partial charge in [-0.2, -0.15) is 11.8 Å². The maximum atomic E-state index is 11.1. The van der Waals surface area contributed by atoms with Gasteiger partial charge < -0.3 is 4.74 Å². The normalized spacial score (nSPS) is 37.3. The standard InChI is InChI=1S/C9H15ClO3S2/c10-15(11,12)6-8-9(3-4-13-8)2-1-5-14-7-9/h8H,1-7H2. The van der Waals surface area contributed by atoms with Gasteiger partial charge in [-0.05, 0) is 25.0 Å². The fourth-order valence-electron chi connectivity index (χ4n) is 2.47. The molecule has 2 atom stereocenters. The zero-order valence-corrected chi connectivity index (χ0v) is 10.8. The minimum atomic E-state index is -3.44. The molecule has 15 heavy (non-hydrogen) atoms. The lowest BCUT2D eigenvalue weighted by Crippen LogP contribution is -2.39. The summed E-state index contributed by atoms with van der Waals surface area (Å²) in [5.41, 5.74) is 0.0743. The van der Waals surface area contributed by atoms with Crippen LogP contribution in [0.15, 0.2) is 0 Å². The number of halogens is 1. The van der Waals surface area contributed by atoms with Gasteiger partial charge in [-0.25, -0.2) is 8.42 Å². The summed E-state index contributed by atoms with van der Waals surface area (Å²) in [4.78, 5) is 0. The van der Waals surface area contributed by atoms with Crippen molar-refractivity contribution in [1.29, 1.82) is 0 Å². The van der Waals surface area contributed by atoms with Gasteiger partial charge in [-0.15, -0.1) is 0 Å². The average Bonchev–Trinajstić information content (AvgIpc) is 2.48. The van der Waals surface area contributed by atoms with Crippen LogP contribution < -0.4 is 0 Å². The quantitative estimate of drug-likeness (QED) is 0.719. The van der Waals surface area contributed by atoms with Crippen molar-refractivity contribution in [2.75, 3.05) is 23.9 Å². The molecular formula is C9H15ClO3S2. The van der Waals surface area contributed by atoms with Crippen LogP contribution in [0.3, 0.4) is 0 Å². The van der Waals surface area contributed by atoms with E-state index in [0.29, 0.717) is 6.61 Å². The molecule has 0 aromatic carbocycles. The summed E-state index contributed by atoms with van der Waals surface area (Å²) in [5, 5.41) is 0. The van der Waals surface area contributed by atoms with Crippen molar-refractivity contribution in [3.05, 3.63) is 0 Å². The summed E-state index contributed by atoms with van der Waals surface area (Å²) in [6, 6.07) is 0. The molecule has 0 aromatic rings. The number of hydrogen-bond donors (Lipinski definition) is 0. The van der Waals surface area contributed by atoms with E-state index in [1.807, 2.05) is 11.8 Å². The fourth-order valence-corrected chi connectivity index (χ4v) is 5.00. The van der Waals surface area contributed by atoms with Crippen LogP contribution in [0.25, 0.3) is 0 Å². The van der Waals surface area contributed by atoms with Crippen molar-refractivity contribution in [1.82, 2.24) is 0 Å². The van der Waals surface area contributed by atoms with E-state index in [0.717, 1.165) is 25.0 Å². The molecule has 3 nitrogen and oxygen atoms in total. The van der Waals surface area contributed by atoms with Gasteiger partial charge in [0.25, 0.3) is 0 Å². The van der Waals surface area contributed by atoms with Gasteiger partial charge in [0.1, 0.15) is 0 Å². The summed E-state index contributed by atoms with van der Waals surface area (Å²) < 4.78 is 27.7. The zero-order valence-electron chi connectivity index (χ0n) is 8.45. The van der Waals surface area contributed by atoms with E-state index in [9.17, 15) is 8.42 Å². The fraction of sp³-hybridized carbons (Fsp3) is 1.00. The lowest BCUT2D eigenvalue weighted by molar-refractivity contribution is 0.0713. The second-order valence-corrected chi connectivity index (χ2v) is 8.26. The maximum absolute atomic E-state index is 11.1. The molecule has 1 spiro atoms. The van der Waals surface area contributed by atoms with Gasteiger partial charge in [0.05, 0.1) is 11.9 Å². The first-order valence-corrected chi connectivity index (χ1v) is 8.77. The molecule has 88 valence electrons. The molecule has 0 amide bonds. The summed E-state index contributed by atoms with van der Waals surface area (Å²) in [6.07, 6.45) is 3.04. The Morgan fingerprint density at radius 2 is 2.27 bits per heavy atom. The molecule has 0 saturated carbocycles. The van der Waals surface area contributed by atoms with Crippen molar-refractivity contribution in [3.8, 4) is 0 Å². The molecular weight excluding hydrogens is 256 g/mol. The number of ether oxygens (including phenoxy) is 1. The molecule has 2 saturated heterocycles. The Bertz CT molecular complexity index is 322. The lowest BCUT2D eigenvalue weighted by Gasteiger charge is -2.36. The predicted molar refractivity (Wildman–Crippen MR) is 63.0 cm³/mol. The smallest absolute Gasteiger partial charge is 0.235 e. The monoisotopic (exact) mass is 270 g/mol. The van der Waals surface area contributed by atoms with Crippen molar-refractivity contribution in [2.24, 2.45) is 5.41 Å². The second-order valence-electron chi connectivity index (χ2n) is 4.33. The minimum Gasteiger partial charge on any atom is -0.376 e. The molecule has 0 radical (unpaired) electrons. The van der Waals surface area contributed by atoms with Crippen LogP contribution in [0.4, 0.5) is 0 Å². The third-order valence-electron chi connectivity index (χ3n) is 3.31. The molecule has 6 heteroatoms. The van der Waals surface area contributed by atoms with Crippen LogP contribution >= 0.6 is 22.4 Å². The van der Waals surface area contributed by atoms with Crippen molar-refractivity contribution < 1.29 is 13.2 Å². The Kier molecular flexibility index (Phi) is 3.55. The average molecular weight is 271 g/mol. The summed E-state index contributed by atoms with van der Waals surface area (Å²) >= 11 is 1.90. The SMILES string of the molecule is O=S(=O)(Cl)CC1OCCC12CCCSC2. The van der Waals surface area contributed by atoms with E-state index in [2.05, 4.69) is 0 Å². The molecule has 0 bridgehead atoms. The Labute approximate surface area is 99.3 Å². The van der Waals surface area contributed by atoms with Crippen LogP contribution in [0.1, 0.15) is 19.3 Å². The molecule has 2 unspecified atom stereocenters. The Balaban J connectivity index is 2.10. The molecule has 2 heterocycles. The third kappa shape index (κ3) is 2.81. The Hall–Kier alpha value is 0.550. The van der Waals surface area contributed by atoms with Gasteiger partial charge >= 0.3 is 0 Å². The third-order valence-corrected chi connectivity index (χ3v) is 5.74. The molecule has 0 N–H and O–H groups in total. The molecule has 2 rings (SSSR count). The van der Waals surface area contributed by atoms with E-state index < -0.39 is 9.05 Å². The summed E-state index contributed by atoms with van der Waals surface area (Å²) in [6.45, 7) is 0.678. The lowest BCUT2D eigenvalue weighted by atomic mass is 9.79. The Morgan fingerprint density at radius 3 is 2.87 bits per heavy atom. The number of hydrogen-bond acceptors (Lipinski definition) is 4. The van der Waals surface area contributed by atoms with Gasteiger partial charge in [0.2, 0.25) is 9.05 Å². The highest BCUT2D eigenvalue weighted by Crippen LogP contribution is 2.45. The first kappa shape index (κ1) is 12.0. The van der Waals surface area contributed by atoms with Gasteiger partial charge in [-0.3, -0.25) is 0 Å². The van der Waals surface area contributed by atoms with Crippen LogP contribution in [0.5, 0.6) is 0 Å². The van der Waals surface area contributed by atoms with Crippen molar-refractivity contribution in [3.63, 3.8) is 0 Å². The molecule has 2 fully saturated rings. The van der Waals surface area contributed by atoms with E-state index >= 15 is 0 Å².